The number of hydrogen-bond donors (Lipinski definition) is 1. The lowest BCUT2D eigenvalue weighted by molar-refractivity contribution is 0.0637. The summed E-state index contributed by atoms with van der Waals surface area (Å²) >= 11 is 0. The summed E-state index contributed by atoms with van der Waals surface area (Å²) in [6.07, 6.45) is 2.44. The van der Waals surface area contributed by atoms with Crippen molar-refractivity contribution in [3.63, 3.8) is 0 Å². The van der Waals surface area contributed by atoms with Crippen LogP contribution in [0.25, 0.3) is 0 Å². The Kier molecular flexibility index (Phi) is 3.42. The fourth-order valence-electron chi connectivity index (χ4n) is 2.18. The maximum absolute atomic E-state index is 9.81. The third-order valence-electron chi connectivity index (χ3n) is 3.52. The van der Waals surface area contributed by atoms with E-state index in [1.54, 1.807) is 0 Å². The smallest absolute Gasteiger partial charge is 0.0695 e. The van der Waals surface area contributed by atoms with Gasteiger partial charge >= 0.3 is 0 Å². The number of likely N-dealkylation sites (N-methyl/N-ethyl adjacent to an activating group) is 1. The van der Waals surface area contributed by atoms with Gasteiger partial charge in [0.2, 0.25) is 0 Å². The highest BCUT2D eigenvalue weighted by Gasteiger charge is 2.31. The van der Waals surface area contributed by atoms with E-state index >= 15 is 0 Å². The summed E-state index contributed by atoms with van der Waals surface area (Å²) in [5.41, 5.74) is 0. The van der Waals surface area contributed by atoms with Crippen LogP contribution in [0, 0.1) is 5.92 Å². The number of piperazine rings is 1. The Morgan fingerprint density at radius 1 is 1.14 bits per heavy atom. The highest BCUT2D eigenvalue weighted by atomic mass is 16.3. The molecule has 1 atom stereocenters. The molecule has 2 rings (SSSR count). The largest absolute Gasteiger partial charge is 0.392 e. The van der Waals surface area contributed by atoms with E-state index in [4.69, 9.17) is 0 Å². The van der Waals surface area contributed by atoms with Crippen molar-refractivity contribution in [2.45, 2.75) is 25.9 Å². The number of nitrogens with zero attached hydrogens (tertiary/aromatic N) is 2. The molecule has 1 saturated carbocycles. The molecule has 0 aromatic heterocycles. The Labute approximate surface area is 86.7 Å². The van der Waals surface area contributed by atoms with Crippen molar-refractivity contribution in [1.82, 2.24) is 9.80 Å². The van der Waals surface area contributed by atoms with Crippen molar-refractivity contribution in [2.24, 2.45) is 5.92 Å². The van der Waals surface area contributed by atoms with Gasteiger partial charge in [-0.3, -0.25) is 4.90 Å². The predicted octanol–water partition coefficient (Wildman–Crippen LogP) is 0.395. The van der Waals surface area contributed by atoms with E-state index in [0.717, 1.165) is 19.6 Å². The van der Waals surface area contributed by atoms with Crippen molar-refractivity contribution in [3.05, 3.63) is 0 Å². The van der Waals surface area contributed by atoms with Gasteiger partial charge in [-0.25, -0.2) is 0 Å². The summed E-state index contributed by atoms with van der Waals surface area (Å²) in [5.74, 6) is 0.624. The summed E-state index contributed by atoms with van der Waals surface area (Å²) < 4.78 is 0. The van der Waals surface area contributed by atoms with Crippen molar-refractivity contribution < 1.29 is 5.11 Å². The maximum Gasteiger partial charge on any atom is 0.0695 e. The molecule has 82 valence electrons. The van der Waals surface area contributed by atoms with Crippen molar-refractivity contribution in [3.8, 4) is 0 Å². The maximum atomic E-state index is 9.81. The van der Waals surface area contributed by atoms with Crippen LogP contribution in [0.5, 0.6) is 0 Å². The van der Waals surface area contributed by atoms with Crippen LogP contribution in [-0.4, -0.2) is 60.3 Å². The molecular formula is C11H22N2O. The molecule has 1 saturated heterocycles. The zero-order chi connectivity index (χ0) is 9.97. The molecule has 3 nitrogen and oxygen atoms in total. The normalized spacial score (nSPS) is 27.9. The second-order valence-electron chi connectivity index (χ2n) is 4.64. The number of rotatable bonds is 4. The SMILES string of the molecule is CCN1CCN(CC(O)C2CC2)CC1. The minimum atomic E-state index is -0.0526. The number of β-amino-alcohol motifs (C(OH)–C–C–N with tert-alkyl or cyclic N) is 1. The second kappa shape index (κ2) is 4.60. The van der Waals surface area contributed by atoms with Gasteiger partial charge in [0.25, 0.3) is 0 Å². The van der Waals surface area contributed by atoms with E-state index in [1.165, 1.54) is 32.5 Å². The zero-order valence-electron chi connectivity index (χ0n) is 9.15. The van der Waals surface area contributed by atoms with Gasteiger partial charge in [-0.05, 0) is 25.3 Å². The van der Waals surface area contributed by atoms with E-state index in [2.05, 4.69) is 16.7 Å². The zero-order valence-corrected chi connectivity index (χ0v) is 9.15. The van der Waals surface area contributed by atoms with Crippen molar-refractivity contribution in [1.29, 1.82) is 0 Å². The van der Waals surface area contributed by atoms with Crippen molar-refractivity contribution >= 4 is 0 Å². The van der Waals surface area contributed by atoms with Crippen LogP contribution in [0.15, 0.2) is 0 Å². The number of aliphatic hydroxyl groups is 1. The molecule has 0 amide bonds. The fraction of sp³-hybridized carbons (Fsp3) is 1.00. The minimum absolute atomic E-state index is 0.0526. The van der Waals surface area contributed by atoms with Crippen LogP contribution >= 0.6 is 0 Å². The summed E-state index contributed by atoms with van der Waals surface area (Å²) in [7, 11) is 0. The standard InChI is InChI=1S/C11H22N2O/c1-2-12-5-7-13(8-6-12)9-11(14)10-3-4-10/h10-11,14H,2-9H2,1H3. The van der Waals surface area contributed by atoms with Gasteiger partial charge in [-0.15, -0.1) is 0 Å². The average molecular weight is 198 g/mol. The van der Waals surface area contributed by atoms with Crippen molar-refractivity contribution in [2.75, 3.05) is 39.3 Å². The van der Waals surface area contributed by atoms with Gasteiger partial charge in [-0.2, -0.15) is 0 Å². The summed E-state index contributed by atoms with van der Waals surface area (Å²) in [4.78, 5) is 4.88. The van der Waals surface area contributed by atoms with Crippen LogP contribution in [0.3, 0.4) is 0 Å². The summed E-state index contributed by atoms with van der Waals surface area (Å²) in [6.45, 7) is 8.91. The lowest BCUT2D eigenvalue weighted by atomic mass is 10.2. The van der Waals surface area contributed by atoms with E-state index in [1.807, 2.05) is 0 Å². The second-order valence-corrected chi connectivity index (χ2v) is 4.64. The summed E-state index contributed by atoms with van der Waals surface area (Å²) in [5, 5.41) is 9.81. The molecule has 0 spiro atoms. The van der Waals surface area contributed by atoms with Crippen LogP contribution in [-0.2, 0) is 0 Å². The van der Waals surface area contributed by atoms with E-state index in [-0.39, 0.29) is 6.10 Å². The first-order valence-corrected chi connectivity index (χ1v) is 5.92. The Morgan fingerprint density at radius 2 is 1.71 bits per heavy atom. The Bertz CT molecular complexity index is 174. The Balaban J connectivity index is 1.67. The van der Waals surface area contributed by atoms with Crippen LogP contribution in [0.2, 0.25) is 0 Å². The minimum Gasteiger partial charge on any atom is -0.392 e. The van der Waals surface area contributed by atoms with Gasteiger partial charge in [0, 0.05) is 32.7 Å². The number of hydrogen-bond acceptors (Lipinski definition) is 3. The first-order valence-electron chi connectivity index (χ1n) is 5.92. The van der Waals surface area contributed by atoms with Gasteiger partial charge in [0.1, 0.15) is 0 Å². The Morgan fingerprint density at radius 3 is 2.21 bits per heavy atom. The quantitative estimate of drug-likeness (QED) is 0.708. The van der Waals surface area contributed by atoms with E-state index < -0.39 is 0 Å². The molecule has 0 aromatic carbocycles. The van der Waals surface area contributed by atoms with Gasteiger partial charge in [0.15, 0.2) is 0 Å². The molecule has 14 heavy (non-hydrogen) atoms. The third kappa shape index (κ3) is 2.69. The molecular weight excluding hydrogens is 176 g/mol. The molecule has 2 fully saturated rings. The molecule has 1 unspecified atom stereocenters. The average Bonchev–Trinajstić information content (AvgIpc) is 3.02. The molecule has 0 bridgehead atoms. The fourth-order valence-corrected chi connectivity index (χ4v) is 2.18. The highest BCUT2D eigenvalue weighted by Crippen LogP contribution is 2.32. The lowest BCUT2D eigenvalue weighted by Gasteiger charge is -2.35. The highest BCUT2D eigenvalue weighted by molar-refractivity contribution is 4.84. The van der Waals surface area contributed by atoms with Gasteiger partial charge in [-0.1, -0.05) is 6.92 Å². The van der Waals surface area contributed by atoms with Crippen LogP contribution < -0.4 is 0 Å². The molecule has 2 aliphatic rings. The molecule has 1 heterocycles. The topological polar surface area (TPSA) is 26.7 Å². The van der Waals surface area contributed by atoms with E-state index in [0.29, 0.717) is 5.92 Å². The first-order chi connectivity index (χ1) is 6.79. The molecule has 1 aliphatic carbocycles. The third-order valence-corrected chi connectivity index (χ3v) is 3.52. The van der Waals surface area contributed by atoms with Gasteiger partial charge in [0.05, 0.1) is 6.10 Å². The molecule has 1 aliphatic heterocycles. The molecule has 3 heteroatoms. The van der Waals surface area contributed by atoms with Gasteiger partial charge < -0.3 is 10.0 Å². The summed E-state index contributed by atoms with van der Waals surface area (Å²) in [6, 6.07) is 0. The Hall–Kier alpha value is -0.120. The first kappa shape index (κ1) is 10.4. The lowest BCUT2D eigenvalue weighted by Crippen LogP contribution is -2.48. The van der Waals surface area contributed by atoms with Crippen LogP contribution in [0.1, 0.15) is 19.8 Å². The molecule has 1 N–H and O–H groups in total. The number of aliphatic hydroxyl groups excluding tert-OH is 1. The monoisotopic (exact) mass is 198 g/mol. The predicted molar refractivity (Wildman–Crippen MR) is 57.3 cm³/mol. The van der Waals surface area contributed by atoms with Crippen LogP contribution in [0.4, 0.5) is 0 Å². The molecule has 0 aromatic rings. The molecule has 0 radical (unpaired) electrons. The van der Waals surface area contributed by atoms with E-state index in [9.17, 15) is 5.11 Å².